The third kappa shape index (κ3) is 7.83. The monoisotopic (exact) mass is 569 g/mol. The number of hydrogen-bond acceptors (Lipinski definition) is 6. The molecule has 1 heterocycles. The van der Waals surface area contributed by atoms with Gasteiger partial charge in [-0.15, -0.1) is 13.2 Å². The minimum absolute atomic E-state index is 0.0448. The molecular formula is C22H17B3F7N3O5. The van der Waals surface area contributed by atoms with Gasteiger partial charge in [-0.05, 0) is 36.4 Å². The molecular weight excluding hydrogens is 552 g/mol. The predicted molar refractivity (Wildman–Crippen MR) is 134 cm³/mol. The number of ether oxygens (including phenoxy) is 3. The minimum Gasteiger partial charge on any atom is -0.510 e. The summed E-state index contributed by atoms with van der Waals surface area (Å²) in [6.07, 6.45) is -9.28. The summed E-state index contributed by atoms with van der Waals surface area (Å²) in [5.74, 6) is -6.71. The number of halogens is 7. The maximum absolute atomic E-state index is 15.2. The Balaban J connectivity index is 2.08. The molecule has 0 saturated heterocycles. The Bertz CT molecular complexity index is 1430. The van der Waals surface area contributed by atoms with Gasteiger partial charge >= 0.3 is 12.5 Å². The van der Waals surface area contributed by atoms with Gasteiger partial charge in [0, 0.05) is 17.6 Å². The minimum atomic E-state index is -5.20. The molecule has 208 valence electrons. The van der Waals surface area contributed by atoms with Crippen LogP contribution in [0.4, 0.5) is 36.6 Å². The molecule has 0 radical (unpaired) electrons. The number of anilines is 1. The van der Waals surface area contributed by atoms with E-state index in [0.29, 0.717) is 12.1 Å². The van der Waals surface area contributed by atoms with E-state index < -0.39 is 58.1 Å². The fourth-order valence-corrected chi connectivity index (χ4v) is 3.16. The molecule has 0 fully saturated rings. The smallest absolute Gasteiger partial charge is 0.510 e. The second kappa shape index (κ2) is 11.0. The van der Waals surface area contributed by atoms with Gasteiger partial charge < -0.3 is 25.3 Å². The van der Waals surface area contributed by atoms with Crippen LogP contribution in [0.5, 0.6) is 23.0 Å². The van der Waals surface area contributed by atoms with E-state index in [4.69, 9.17) is 15.2 Å². The number of hydrogen-bond donors (Lipinski definition) is 2. The van der Waals surface area contributed by atoms with Gasteiger partial charge in [0.1, 0.15) is 46.4 Å². The molecule has 0 atom stereocenters. The Hall–Kier alpha value is -4.37. The molecule has 0 aliphatic rings. The number of rotatable bonds is 8. The SMILES string of the molecule is BC(B)(B)Oc1cc(OC(F)(F)F)ccc1Oc1ccc(C(F)(F)F)c(F)c1C(=O)Nc1ccc(C(N)=O)cn1. The number of benzene rings is 2. The van der Waals surface area contributed by atoms with Crippen LogP contribution in [-0.4, -0.2) is 52.0 Å². The zero-order valence-corrected chi connectivity index (χ0v) is 20.8. The van der Waals surface area contributed by atoms with Crippen LogP contribution in [0.15, 0.2) is 48.7 Å². The first-order chi connectivity index (χ1) is 18.3. The maximum atomic E-state index is 15.2. The largest absolute Gasteiger partial charge is 0.573 e. The zero-order valence-electron chi connectivity index (χ0n) is 20.8. The van der Waals surface area contributed by atoms with Crippen LogP contribution in [0.2, 0.25) is 0 Å². The lowest BCUT2D eigenvalue weighted by Gasteiger charge is -2.25. The van der Waals surface area contributed by atoms with Crippen molar-refractivity contribution in [1.29, 1.82) is 0 Å². The molecule has 18 heteroatoms. The van der Waals surface area contributed by atoms with E-state index in [1.807, 2.05) is 0 Å². The molecule has 3 rings (SSSR count). The summed E-state index contributed by atoms with van der Waals surface area (Å²) in [6, 6.07) is 5.80. The molecule has 2 aromatic carbocycles. The van der Waals surface area contributed by atoms with E-state index in [9.17, 15) is 35.9 Å². The van der Waals surface area contributed by atoms with Crippen molar-refractivity contribution < 1.29 is 54.5 Å². The van der Waals surface area contributed by atoms with Crippen LogP contribution in [0.1, 0.15) is 26.3 Å². The van der Waals surface area contributed by atoms with E-state index in [2.05, 4.69) is 15.0 Å². The Morgan fingerprint density at radius 1 is 0.875 bits per heavy atom. The number of aromatic nitrogens is 1. The van der Waals surface area contributed by atoms with Crippen LogP contribution in [0.25, 0.3) is 0 Å². The first-order valence-electron chi connectivity index (χ1n) is 11.1. The number of pyridine rings is 1. The topological polar surface area (TPSA) is 113 Å². The lowest BCUT2D eigenvalue weighted by atomic mass is 9.52. The Morgan fingerprint density at radius 3 is 2.05 bits per heavy atom. The van der Waals surface area contributed by atoms with Gasteiger partial charge in [0.15, 0.2) is 17.3 Å². The van der Waals surface area contributed by atoms with Crippen molar-refractivity contribution in [3.8, 4) is 23.0 Å². The van der Waals surface area contributed by atoms with Gasteiger partial charge in [0.25, 0.3) is 5.91 Å². The average molecular weight is 569 g/mol. The highest BCUT2D eigenvalue weighted by atomic mass is 19.4. The lowest BCUT2D eigenvalue weighted by molar-refractivity contribution is -0.274. The summed E-state index contributed by atoms with van der Waals surface area (Å²) in [5.41, 5.74) is 2.07. The van der Waals surface area contributed by atoms with E-state index in [1.165, 1.54) is 0 Å². The number of nitrogens with two attached hydrogens (primary N) is 1. The van der Waals surface area contributed by atoms with E-state index >= 15 is 4.39 Å². The fraction of sp³-hybridized carbons (Fsp3) is 0.136. The molecule has 0 spiro atoms. The third-order valence-electron chi connectivity index (χ3n) is 4.71. The van der Waals surface area contributed by atoms with E-state index in [-0.39, 0.29) is 22.9 Å². The Labute approximate surface area is 224 Å². The quantitative estimate of drug-likeness (QED) is 0.318. The summed E-state index contributed by atoms with van der Waals surface area (Å²) in [5, 5.41) is 1.08. The van der Waals surface area contributed by atoms with Crippen LogP contribution in [-0.2, 0) is 6.18 Å². The number of amides is 2. The van der Waals surface area contributed by atoms with Crippen molar-refractivity contribution in [1.82, 2.24) is 4.98 Å². The summed E-state index contributed by atoms with van der Waals surface area (Å²) in [4.78, 5) is 27.9. The van der Waals surface area contributed by atoms with E-state index in [0.717, 1.165) is 36.5 Å². The molecule has 1 aromatic heterocycles. The molecule has 8 nitrogen and oxygen atoms in total. The third-order valence-corrected chi connectivity index (χ3v) is 4.71. The molecule has 0 saturated carbocycles. The van der Waals surface area contributed by atoms with E-state index in [1.54, 1.807) is 23.5 Å². The van der Waals surface area contributed by atoms with Crippen LogP contribution in [0, 0.1) is 5.82 Å². The normalized spacial score (nSPS) is 12.0. The number of carbonyl (C=O) groups is 2. The molecule has 3 N–H and O–H groups in total. The zero-order chi connectivity index (χ0) is 30.0. The molecule has 40 heavy (non-hydrogen) atoms. The van der Waals surface area contributed by atoms with Gasteiger partial charge in [-0.1, -0.05) is 0 Å². The van der Waals surface area contributed by atoms with Gasteiger partial charge in [-0.2, -0.15) is 13.2 Å². The summed E-state index contributed by atoms with van der Waals surface area (Å²) in [6.45, 7) is 0. The van der Waals surface area contributed by atoms with Crippen molar-refractivity contribution in [3.05, 3.63) is 71.2 Å². The molecule has 3 aromatic rings. The second-order valence-corrected chi connectivity index (χ2v) is 9.02. The number of primary amides is 1. The maximum Gasteiger partial charge on any atom is 0.573 e. The van der Waals surface area contributed by atoms with Crippen LogP contribution < -0.4 is 25.3 Å². The van der Waals surface area contributed by atoms with Gasteiger partial charge in [-0.25, -0.2) is 9.37 Å². The van der Waals surface area contributed by atoms with Crippen molar-refractivity contribution in [2.45, 2.75) is 17.8 Å². The average Bonchev–Trinajstić information content (AvgIpc) is 2.78. The predicted octanol–water partition coefficient (Wildman–Crippen LogP) is 2.17. The lowest BCUT2D eigenvalue weighted by Crippen LogP contribution is -2.37. The first kappa shape index (κ1) is 30.2. The highest BCUT2D eigenvalue weighted by molar-refractivity contribution is 6.58. The number of alkyl halides is 6. The molecule has 0 aliphatic carbocycles. The highest BCUT2D eigenvalue weighted by Gasteiger charge is 2.38. The van der Waals surface area contributed by atoms with Gasteiger partial charge in [0.05, 0.1) is 11.1 Å². The summed E-state index contributed by atoms with van der Waals surface area (Å²) < 4.78 is 109. The van der Waals surface area contributed by atoms with Gasteiger partial charge in [-0.3, -0.25) is 9.59 Å². The number of carbonyl (C=O) groups excluding carboxylic acids is 2. The van der Waals surface area contributed by atoms with Crippen LogP contribution in [0.3, 0.4) is 0 Å². The molecule has 0 unspecified atom stereocenters. The number of nitrogens with zero attached hydrogens (tertiary/aromatic N) is 1. The van der Waals surface area contributed by atoms with Crippen molar-refractivity contribution in [2.75, 3.05) is 5.32 Å². The fourth-order valence-electron chi connectivity index (χ4n) is 3.16. The van der Waals surface area contributed by atoms with Crippen LogP contribution >= 0.6 is 0 Å². The molecule has 2 amide bonds. The number of nitrogens with one attached hydrogen (secondary N) is 1. The van der Waals surface area contributed by atoms with Crippen molar-refractivity contribution in [3.63, 3.8) is 0 Å². The molecule has 0 aliphatic heterocycles. The summed E-state index contributed by atoms with van der Waals surface area (Å²) in [7, 11) is 4.63. The first-order valence-corrected chi connectivity index (χ1v) is 11.1. The Kier molecular flexibility index (Phi) is 8.31. The summed E-state index contributed by atoms with van der Waals surface area (Å²) >= 11 is 0. The van der Waals surface area contributed by atoms with Crippen molar-refractivity contribution in [2.24, 2.45) is 5.73 Å². The Morgan fingerprint density at radius 2 is 1.52 bits per heavy atom. The van der Waals surface area contributed by atoms with Gasteiger partial charge in [0.2, 0.25) is 5.91 Å². The second-order valence-electron chi connectivity index (χ2n) is 9.02. The standard InChI is InChI=1S/C22H17B3F7N3O5/c23-21(24,25)40-14-7-10(39-22(30,31)32)2-4-12(14)38-13-5-3-11(20(27,28)29)17(26)16(13)19(37)35-15-6-1-9(8-34-15)18(33)36/h1-8H,23-25H2,(H2,33,36)(H,34,35,37). The highest BCUT2D eigenvalue weighted by Crippen LogP contribution is 2.41. The molecule has 0 bridgehead atoms. The van der Waals surface area contributed by atoms with Crippen molar-refractivity contribution >= 4 is 41.2 Å².